The van der Waals surface area contributed by atoms with Crippen LogP contribution in [0.2, 0.25) is 0 Å². The number of carbonyl (C=O) groups excluding carboxylic acids is 2. The first-order chi connectivity index (χ1) is 19.1. The van der Waals surface area contributed by atoms with Gasteiger partial charge in [0.1, 0.15) is 17.1 Å². The summed E-state index contributed by atoms with van der Waals surface area (Å²) in [5, 5.41) is 3.05. The first kappa shape index (κ1) is 29.0. The number of guanidine groups is 1. The zero-order valence-electron chi connectivity index (χ0n) is 23.2. The Balaban J connectivity index is 0.00000181. The Hall–Kier alpha value is -3.95. The Labute approximate surface area is 233 Å². The van der Waals surface area contributed by atoms with E-state index in [0.29, 0.717) is 30.6 Å². The molecule has 0 saturated carbocycles. The van der Waals surface area contributed by atoms with Crippen LogP contribution in [0.1, 0.15) is 86.5 Å². The van der Waals surface area contributed by atoms with Gasteiger partial charge in [-0.15, -0.1) is 0 Å². The molecule has 2 aromatic rings. The predicted molar refractivity (Wildman–Crippen MR) is 149 cm³/mol. The number of benzene rings is 2. The summed E-state index contributed by atoms with van der Waals surface area (Å²) in [5.74, 6) is -0.124. The number of nitrogens with zero attached hydrogens (tertiary/aromatic N) is 2. The number of halogens is 2. The Bertz CT molecular complexity index is 1320. The lowest BCUT2D eigenvalue weighted by atomic mass is 9.88. The van der Waals surface area contributed by atoms with Gasteiger partial charge in [-0.2, -0.15) is 8.78 Å². The molecular weight excluding hydrogens is 518 g/mol. The summed E-state index contributed by atoms with van der Waals surface area (Å²) >= 11 is 0. The minimum atomic E-state index is -3.08. The number of hydrogen-bond donors (Lipinski definition) is 2. The fourth-order valence-corrected chi connectivity index (χ4v) is 5.17. The second kappa shape index (κ2) is 12.1. The molecule has 2 atom stereocenters. The Morgan fingerprint density at radius 1 is 1.18 bits per heavy atom. The lowest BCUT2D eigenvalue weighted by molar-refractivity contribution is -0.128. The summed E-state index contributed by atoms with van der Waals surface area (Å²) < 4.78 is 37.0. The molecule has 4 heterocycles. The number of nitrogens with two attached hydrogens (primary N) is 1. The van der Waals surface area contributed by atoms with Crippen molar-refractivity contribution in [3.63, 3.8) is 0 Å². The second-order valence-electron chi connectivity index (χ2n) is 10.4. The van der Waals surface area contributed by atoms with Crippen LogP contribution in [0, 0.1) is 0 Å². The third-order valence-electron chi connectivity index (χ3n) is 6.87. The van der Waals surface area contributed by atoms with Gasteiger partial charge in [-0.3, -0.25) is 14.5 Å². The van der Waals surface area contributed by atoms with Crippen molar-refractivity contribution in [3.8, 4) is 11.5 Å². The Morgan fingerprint density at radius 3 is 2.67 bits per heavy atom. The fraction of sp³-hybridized carbons (Fsp3) is 0.433. The summed E-state index contributed by atoms with van der Waals surface area (Å²) in [6, 6.07) is 9.38. The van der Waals surface area contributed by atoms with Gasteiger partial charge in [0.2, 0.25) is 5.91 Å². The number of fused-ring (bicyclic) bond motifs is 4. The quantitative estimate of drug-likeness (QED) is 0.505. The number of amides is 2. The maximum atomic E-state index is 13.5. The van der Waals surface area contributed by atoms with Crippen LogP contribution < -0.4 is 20.5 Å². The van der Waals surface area contributed by atoms with E-state index in [1.807, 2.05) is 58.0 Å². The highest BCUT2D eigenvalue weighted by Gasteiger charge is 2.35. The molecule has 40 heavy (non-hydrogen) atoms. The van der Waals surface area contributed by atoms with Crippen molar-refractivity contribution in [2.24, 2.45) is 10.7 Å². The minimum Gasteiger partial charge on any atom is -0.487 e. The highest BCUT2D eigenvalue weighted by molar-refractivity contribution is 5.98. The van der Waals surface area contributed by atoms with E-state index in [1.165, 1.54) is 17.0 Å². The first-order valence-corrected chi connectivity index (χ1v) is 13.6. The number of ether oxygens (including phenoxy) is 2. The third kappa shape index (κ3) is 6.78. The molecule has 214 valence electrons. The van der Waals surface area contributed by atoms with Gasteiger partial charge in [-0.1, -0.05) is 32.1 Å². The minimum absolute atomic E-state index is 0.0298. The second-order valence-corrected chi connectivity index (χ2v) is 10.4. The molecule has 0 radical (unpaired) electrons. The predicted octanol–water partition coefficient (Wildman–Crippen LogP) is 5.57. The van der Waals surface area contributed by atoms with Gasteiger partial charge in [0.05, 0.1) is 18.6 Å². The van der Waals surface area contributed by atoms with Crippen LogP contribution in [-0.4, -0.2) is 40.9 Å². The largest absolute Gasteiger partial charge is 0.487 e. The lowest BCUT2D eigenvalue weighted by Crippen LogP contribution is -2.46. The van der Waals surface area contributed by atoms with Gasteiger partial charge >= 0.3 is 6.61 Å². The van der Waals surface area contributed by atoms with Crippen molar-refractivity contribution in [2.45, 2.75) is 84.2 Å². The van der Waals surface area contributed by atoms with Crippen LogP contribution in [0.4, 0.5) is 8.78 Å². The molecular formula is C30H36F2N4O4. The van der Waals surface area contributed by atoms with E-state index in [-0.39, 0.29) is 48.2 Å². The SMILES string of the molecule is CC.CC1(C)CC2NC(=O)c3cc(cc(OC(F)F)c3)CN3C(=O)CC(CC/C=C/c4ccc(c2c4)O1)N=C3N. The van der Waals surface area contributed by atoms with Crippen molar-refractivity contribution in [1.29, 1.82) is 0 Å². The topological polar surface area (TPSA) is 106 Å². The van der Waals surface area contributed by atoms with Crippen LogP contribution in [-0.2, 0) is 11.3 Å². The molecule has 0 saturated heterocycles. The van der Waals surface area contributed by atoms with Crippen LogP contribution in [0.25, 0.3) is 6.08 Å². The van der Waals surface area contributed by atoms with E-state index >= 15 is 0 Å². The van der Waals surface area contributed by atoms with Crippen molar-refractivity contribution >= 4 is 23.8 Å². The van der Waals surface area contributed by atoms with Crippen LogP contribution >= 0.6 is 0 Å². The molecule has 0 spiro atoms. The standard InChI is InChI=1S/C28H30F2N4O4.C2H6/c1-28(2)14-22-21-11-16(7-8-23(21)38-28)5-3-4-6-19-13-24(35)34(27(31)32-19)15-17-9-18(25(36)33-22)12-20(10-17)37-26(29)30;1-2/h3,5,7-12,19,22,26H,4,6,13-15H2,1-2H3,(H2,31,32)(H,33,36);1-2H3/b5-3+;. The fourth-order valence-electron chi connectivity index (χ4n) is 5.17. The van der Waals surface area contributed by atoms with E-state index < -0.39 is 18.1 Å². The summed E-state index contributed by atoms with van der Waals surface area (Å²) in [7, 11) is 0. The maximum Gasteiger partial charge on any atom is 0.387 e. The van der Waals surface area contributed by atoms with E-state index in [1.54, 1.807) is 6.07 Å². The van der Waals surface area contributed by atoms with Crippen molar-refractivity contribution in [2.75, 3.05) is 0 Å². The zero-order valence-corrected chi connectivity index (χ0v) is 23.2. The molecule has 0 fully saturated rings. The van der Waals surface area contributed by atoms with Gasteiger partial charge in [-0.25, -0.2) is 4.99 Å². The third-order valence-corrected chi connectivity index (χ3v) is 6.87. The smallest absolute Gasteiger partial charge is 0.387 e. The molecule has 6 rings (SSSR count). The van der Waals surface area contributed by atoms with Crippen molar-refractivity contribution < 1.29 is 27.8 Å². The molecule has 10 heteroatoms. The van der Waals surface area contributed by atoms with Crippen molar-refractivity contribution in [1.82, 2.24) is 10.2 Å². The van der Waals surface area contributed by atoms with Gasteiger partial charge in [0.15, 0.2) is 5.96 Å². The number of allylic oxidation sites excluding steroid dienone is 1. The number of carbonyl (C=O) groups is 2. The first-order valence-electron chi connectivity index (χ1n) is 13.6. The zero-order chi connectivity index (χ0) is 29.0. The normalized spacial score (nSPS) is 22.6. The molecule has 8 nitrogen and oxygen atoms in total. The molecule has 4 aliphatic rings. The van der Waals surface area contributed by atoms with Crippen LogP contribution in [0.3, 0.4) is 0 Å². The number of hydrogen-bond acceptors (Lipinski definition) is 6. The maximum absolute atomic E-state index is 13.5. The van der Waals surface area contributed by atoms with Gasteiger partial charge in [-0.05, 0) is 68.1 Å². The highest BCUT2D eigenvalue weighted by atomic mass is 19.3. The average Bonchev–Trinajstić information content (AvgIpc) is 2.88. The number of rotatable bonds is 2. The molecule has 0 aliphatic carbocycles. The summed E-state index contributed by atoms with van der Waals surface area (Å²) in [6.07, 6.45) is 6.07. The molecule has 0 aromatic heterocycles. The van der Waals surface area contributed by atoms with E-state index in [4.69, 9.17) is 10.5 Å². The van der Waals surface area contributed by atoms with Gasteiger partial charge < -0.3 is 20.5 Å². The summed E-state index contributed by atoms with van der Waals surface area (Å²) in [5.41, 5.74) is 7.92. The summed E-state index contributed by atoms with van der Waals surface area (Å²) in [6.45, 7) is 4.79. The number of aliphatic imine (C=N–C) groups is 1. The van der Waals surface area contributed by atoms with E-state index in [2.05, 4.69) is 15.0 Å². The van der Waals surface area contributed by atoms with Crippen LogP contribution in [0.15, 0.2) is 47.5 Å². The number of nitrogens with one attached hydrogen (secondary N) is 1. The molecule has 6 bridgehead atoms. The monoisotopic (exact) mass is 554 g/mol. The molecule has 2 aromatic carbocycles. The Kier molecular flexibility index (Phi) is 8.76. The lowest BCUT2D eigenvalue weighted by Gasteiger charge is -2.38. The van der Waals surface area contributed by atoms with E-state index in [0.717, 1.165) is 11.1 Å². The Morgan fingerprint density at radius 2 is 1.95 bits per heavy atom. The molecule has 2 unspecified atom stereocenters. The van der Waals surface area contributed by atoms with Crippen LogP contribution in [0.5, 0.6) is 11.5 Å². The average molecular weight is 555 g/mol. The van der Waals surface area contributed by atoms with Crippen molar-refractivity contribution in [3.05, 3.63) is 64.7 Å². The van der Waals surface area contributed by atoms with Gasteiger partial charge in [0, 0.05) is 24.0 Å². The molecule has 2 amide bonds. The molecule has 4 aliphatic heterocycles. The highest BCUT2D eigenvalue weighted by Crippen LogP contribution is 2.40. The number of alkyl halides is 2. The van der Waals surface area contributed by atoms with E-state index in [9.17, 15) is 18.4 Å². The van der Waals surface area contributed by atoms with Gasteiger partial charge in [0.25, 0.3) is 5.91 Å². The summed E-state index contributed by atoms with van der Waals surface area (Å²) in [4.78, 5) is 32.2. The molecule has 3 N–H and O–H groups in total.